The first-order valence-corrected chi connectivity index (χ1v) is 8.97. The van der Waals surface area contributed by atoms with E-state index in [1.54, 1.807) is 12.1 Å². The summed E-state index contributed by atoms with van der Waals surface area (Å²) < 4.78 is 15.0. The Morgan fingerprint density at radius 1 is 1.04 bits per heavy atom. The molecule has 3 rings (SSSR count). The molecule has 0 aromatic heterocycles. The first kappa shape index (κ1) is 16.6. The lowest BCUT2D eigenvalue weighted by atomic mass is 9.81. The summed E-state index contributed by atoms with van der Waals surface area (Å²) in [6, 6.07) is 10.8. The van der Waals surface area contributed by atoms with Crippen LogP contribution in [0.15, 0.2) is 51.4 Å². The van der Waals surface area contributed by atoms with Crippen LogP contribution < -0.4 is 0 Å². The van der Waals surface area contributed by atoms with Gasteiger partial charge in [-0.2, -0.15) is 0 Å². The highest BCUT2D eigenvalue weighted by molar-refractivity contribution is 9.10. The Morgan fingerprint density at radius 3 is 2.52 bits per heavy atom. The van der Waals surface area contributed by atoms with Crippen LogP contribution in [0.2, 0.25) is 0 Å². The number of hydrogen-bond donors (Lipinski definition) is 0. The number of carbonyl (C=O) groups excluding carboxylic acids is 1. The maximum atomic E-state index is 13.3. The van der Waals surface area contributed by atoms with Crippen molar-refractivity contribution in [2.24, 2.45) is 0 Å². The Hall–Kier alpha value is -1.26. The number of halogens is 3. The van der Waals surface area contributed by atoms with Crippen LogP contribution in [-0.4, -0.2) is 5.78 Å². The number of hydrogen-bond acceptors (Lipinski definition) is 1. The molecule has 0 N–H and O–H groups in total. The molecule has 1 aliphatic carbocycles. The Balaban J connectivity index is 1.96. The molecule has 23 heavy (non-hydrogen) atoms. The van der Waals surface area contributed by atoms with Gasteiger partial charge in [0.05, 0.1) is 0 Å². The molecule has 1 atom stereocenters. The largest absolute Gasteiger partial charge is 0.295 e. The lowest BCUT2D eigenvalue weighted by Gasteiger charge is -2.24. The molecule has 0 radical (unpaired) electrons. The smallest absolute Gasteiger partial charge is 0.156 e. The van der Waals surface area contributed by atoms with Crippen LogP contribution in [0, 0.1) is 12.7 Å². The fraction of sp³-hybridized carbons (Fsp3) is 0.211. The Kier molecular flexibility index (Phi) is 4.83. The zero-order chi connectivity index (χ0) is 16.6. The van der Waals surface area contributed by atoms with Gasteiger partial charge in [-0.15, -0.1) is 0 Å². The molecule has 0 amide bonds. The van der Waals surface area contributed by atoms with E-state index in [-0.39, 0.29) is 17.5 Å². The molecule has 0 aliphatic heterocycles. The van der Waals surface area contributed by atoms with Crippen molar-refractivity contribution in [3.63, 3.8) is 0 Å². The quantitative estimate of drug-likeness (QED) is 0.547. The van der Waals surface area contributed by atoms with E-state index in [1.165, 1.54) is 17.7 Å². The standard InChI is InChI=1S/C19H15Br2FO/c1-11-2-4-16(18(20)6-11)12-7-13(9-15(23)8-12)17-5-3-14(22)10-19(17)21/h2-6,9-10,12H,7-8H2,1H3. The van der Waals surface area contributed by atoms with E-state index in [1.807, 2.05) is 6.92 Å². The number of benzene rings is 2. The number of ketones is 1. The molecule has 2 aromatic rings. The molecule has 2 aromatic carbocycles. The molecule has 4 heteroatoms. The normalized spacial score (nSPS) is 18.0. The summed E-state index contributed by atoms with van der Waals surface area (Å²) >= 11 is 7.01. The number of aryl methyl sites for hydroxylation is 1. The van der Waals surface area contributed by atoms with E-state index in [2.05, 4.69) is 50.1 Å². The van der Waals surface area contributed by atoms with Gasteiger partial charge < -0.3 is 0 Å². The van der Waals surface area contributed by atoms with Crippen molar-refractivity contribution in [3.8, 4) is 0 Å². The van der Waals surface area contributed by atoms with Gasteiger partial charge in [-0.1, -0.05) is 50.1 Å². The Bertz CT molecular complexity index is 811. The topological polar surface area (TPSA) is 17.1 Å². The van der Waals surface area contributed by atoms with Gasteiger partial charge in [-0.05, 0) is 65.8 Å². The van der Waals surface area contributed by atoms with Crippen LogP contribution >= 0.6 is 31.9 Å². The average molecular weight is 438 g/mol. The van der Waals surface area contributed by atoms with E-state index in [0.717, 1.165) is 27.6 Å². The van der Waals surface area contributed by atoms with Crippen LogP contribution in [0.3, 0.4) is 0 Å². The summed E-state index contributed by atoms with van der Waals surface area (Å²) in [7, 11) is 0. The Labute approximate surface area is 151 Å². The highest BCUT2D eigenvalue weighted by atomic mass is 79.9. The van der Waals surface area contributed by atoms with Crippen LogP contribution in [0.1, 0.15) is 35.4 Å². The van der Waals surface area contributed by atoms with Gasteiger partial charge in [0.1, 0.15) is 5.82 Å². The van der Waals surface area contributed by atoms with E-state index >= 15 is 0 Å². The highest BCUT2D eigenvalue weighted by Gasteiger charge is 2.25. The minimum absolute atomic E-state index is 0.111. The number of rotatable bonds is 2. The minimum Gasteiger partial charge on any atom is -0.295 e. The van der Waals surface area contributed by atoms with E-state index < -0.39 is 0 Å². The molecule has 1 nitrogen and oxygen atoms in total. The van der Waals surface area contributed by atoms with Crippen LogP contribution in [0.5, 0.6) is 0 Å². The van der Waals surface area contributed by atoms with Crippen molar-refractivity contribution >= 4 is 43.2 Å². The monoisotopic (exact) mass is 436 g/mol. The van der Waals surface area contributed by atoms with Crippen LogP contribution in [-0.2, 0) is 4.79 Å². The molecule has 0 heterocycles. The van der Waals surface area contributed by atoms with Gasteiger partial charge >= 0.3 is 0 Å². The van der Waals surface area contributed by atoms with Crippen molar-refractivity contribution in [3.05, 3.63) is 73.9 Å². The molecule has 0 spiro atoms. The fourth-order valence-electron chi connectivity index (χ4n) is 3.01. The predicted octanol–water partition coefficient (Wildman–Crippen LogP) is 6.19. The minimum atomic E-state index is -0.291. The molecular formula is C19H15Br2FO. The second-order valence-electron chi connectivity index (χ2n) is 5.89. The zero-order valence-corrected chi connectivity index (χ0v) is 15.7. The second kappa shape index (κ2) is 6.70. The molecule has 0 fully saturated rings. The third kappa shape index (κ3) is 3.64. The fourth-order valence-corrected chi connectivity index (χ4v) is 4.44. The number of allylic oxidation sites excluding steroid dienone is 2. The number of carbonyl (C=O) groups is 1. The van der Waals surface area contributed by atoms with Gasteiger partial charge in [-0.25, -0.2) is 4.39 Å². The van der Waals surface area contributed by atoms with Crippen molar-refractivity contribution in [2.75, 3.05) is 0 Å². The summed E-state index contributed by atoms with van der Waals surface area (Å²) in [5, 5.41) is 0. The summed E-state index contributed by atoms with van der Waals surface area (Å²) in [4.78, 5) is 12.2. The molecule has 1 unspecified atom stereocenters. The molecule has 0 saturated heterocycles. The Morgan fingerprint density at radius 2 is 1.83 bits per heavy atom. The van der Waals surface area contributed by atoms with Gasteiger partial charge in [0.25, 0.3) is 0 Å². The predicted molar refractivity (Wildman–Crippen MR) is 97.9 cm³/mol. The SMILES string of the molecule is Cc1ccc(C2CC(=O)C=C(c3ccc(F)cc3Br)C2)c(Br)c1. The van der Waals surface area contributed by atoms with Crippen molar-refractivity contribution in [1.82, 2.24) is 0 Å². The summed E-state index contributed by atoms with van der Waals surface area (Å²) in [6.45, 7) is 2.04. The van der Waals surface area contributed by atoms with Gasteiger partial charge in [0.2, 0.25) is 0 Å². The van der Waals surface area contributed by atoms with Gasteiger partial charge in [0, 0.05) is 15.4 Å². The third-order valence-corrected chi connectivity index (χ3v) is 5.46. The van der Waals surface area contributed by atoms with Crippen LogP contribution in [0.4, 0.5) is 4.39 Å². The van der Waals surface area contributed by atoms with Crippen molar-refractivity contribution in [1.29, 1.82) is 0 Å². The third-order valence-electron chi connectivity index (χ3n) is 4.12. The maximum Gasteiger partial charge on any atom is 0.156 e. The summed E-state index contributed by atoms with van der Waals surface area (Å²) in [5.41, 5.74) is 4.16. The van der Waals surface area contributed by atoms with Crippen molar-refractivity contribution < 1.29 is 9.18 Å². The summed E-state index contributed by atoms with van der Waals surface area (Å²) in [5.74, 6) is -0.0458. The zero-order valence-electron chi connectivity index (χ0n) is 12.6. The van der Waals surface area contributed by atoms with Gasteiger partial charge in [-0.3, -0.25) is 4.79 Å². The van der Waals surface area contributed by atoms with E-state index in [0.29, 0.717) is 10.9 Å². The lowest BCUT2D eigenvalue weighted by molar-refractivity contribution is -0.115. The first-order chi connectivity index (χ1) is 10.9. The van der Waals surface area contributed by atoms with Crippen LogP contribution in [0.25, 0.3) is 5.57 Å². The molecule has 0 saturated carbocycles. The van der Waals surface area contributed by atoms with Gasteiger partial charge in [0.15, 0.2) is 5.78 Å². The first-order valence-electron chi connectivity index (χ1n) is 7.39. The van der Waals surface area contributed by atoms with E-state index in [9.17, 15) is 9.18 Å². The molecule has 118 valence electrons. The summed E-state index contributed by atoms with van der Waals surface area (Å²) in [6.07, 6.45) is 2.96. The molecular weight excluding hydrogens is 423 g/mol. The highest BCUT2D eigenvalue weighted by Crippen LogP contribution is 2.40. The average Bonchev–Trinajstić information content (AvgIpc) is 2.46. The van der Waals surface area contributed by atoms with E-state index in [4.69, 9.17) is 0 Å². The lowest BCUT2D eigenvalue weighted by Crippen LogP contribution is -2.13. The molecule has 0 bridgehead atoms. The van der Waals surface area contributed by atoms with Crippen molar-refractivity contribution in [2.45, 2.75) is 25.7 Å². The second-order valence-corrected chi connectivity index (χ2v) is 7.60. The maximum absolute atomic E-state index is 13.3. The molecule has 1 aliphatic rings.